The van der Waals surface area contributed by atoms with Crippen molar-refractivity contribution in [2.24, 2.45) is 0 Å². The molecule has 0 radical (unpaired) electrons. The fraction of sp³-hybridized carbons (Fsp3) is 0.400. The molecule has 0 aliphatic carbocycles. The molecule has 1 amide bonds. The number of rotatable bonds is 7. The minimum absolute atomic E-state index is 0.00816. The van der Waals surface area contributed by atoms with E-state index in [1.165, 1.54) is 12.1 Å². The number of aromatic nitrogens is 1. The van der Waals surface area contributed by atoms with Crippen molar-refractivity contribution in [3.05, 3.63) is 30.0 Å². The number of amides is 1. The minimum atomic E-state index is -2.93. The summed E-state index contributed by atoms with van der Waals surface area (Å²) in [6.07, 6.45) is 0.813. The number of nitrogens with one attached hydrogen (secondary N) is 2. The van der Waals surface area contributed by atoms with Crippen LogP contribution >= 0.6 is 0 Å². The molecule has 1 unspecified atom stereocenters. The molecule has 0 spiro atoms. The number of aromatic amines is 1. The smallest absolute Gasteiger partial charge is 0.387 e. The van der Waals surface area contributed by atoms with Crippen LogP contribution in [0.2, 0.25) is 0 Å². The molecule has 0 saturated heterocycles. The number of hydrogen-bond donors (Lipinski definition) is 3. The van der Waals surface area contributed by atoms with E-state index in [9.17, 15) is 18.7 Å². The van der Waals surface area contributed by atoms with Crippen LogP contribution in [0.4, 0.5) is 8.78 Å². The zero-order valence-corrected chi connectivity index (χ0v) is 12.1. The Kier molecular flexibility index (Phi) is 5.32. The van der Waals surface area contributed by atoms with E-state index in [1.807, 2.05) is 6.92 Å². The molecule has 0 fully saturated rings. The van der Waals surface area contributed by atoms with Gasteiger partial charge >= 0.3 is 6.61 Å². The summed E-state index contributed by atoms with van der Waals surface area (Å²) in [5.41, 5.74) is 0.751. The van der Waals surface area contributed by atoms with E-state index in [4.69, 9.17) is 0 Å². The summed E-state index contributed by atoms with van der Waals surface area (Å²) < 4.78 is 29.1. The highest BCUT2D eigenvalue weighted by molar-refractivity contribution is 5.99. The Balaban J connectivity index is 2.13. The maximum Gasteiger partial charge on any atom is 0.387 e. The van der Waals surface area contributed by atoms with Crippen LogP contribution in [0.5, 0.6) is 5.75 Å². The van der Waals surface area contributed by atoms with Gasteiger partial charge in [-0.15, -0.1) is 0 Å². The van der Waals surface area contributed by atoms with Gasteiger partial charge in [0.05, 0.1) is 6.10 Å². The number of aliphatic hydroxyl groups is 1. The largest absolute Gasteiger partial charge is 0.434 e. The Morgan fingerprint density at radius 2 is 2.23 bits per heavy atom. The van der Waals surface area contributed by atoms with Gasteiger partial charge < -0.3 is 20.1 Å². The van der Waals surface area contributed by atoms with Crippen molar-refractivity contribution in [2.45, 2.75) is 32.5 Å². The molecule has 5 nitrogen and oxygen atoms in total. The van der Waals surface area contributed by atoms with Gasteiger partial charge in [-0.1, -0.05) is 19.4 Å². The van der Waals surface area contributed by atoms with Crippen LogP contribution in [0.15, 0.2) is 24.3 Å². The van der Waals surface area contributed by atoms with Gasteiger partial charge in [0.2, 0.25) is 0 Å². The summed E-state index contributed by atoms with van der Waals surface area (Å²) in [5, 5.41) is 12.6. The van der Waals surface area contributed by atoms with Crippen molar-refractivity contribution >= 4 is 16.8 Å². The predicted octanol–water partition coefficient (Wildman–Crippen LogP) is 2.66. The quantitative estimate of drug-likeness (QED) is 0.736. The normalized spacial score (nSPS) is 12.6. The molecule has 2 aromatic rings. The van der Waals surface area contributed by atoms with E-state index in [0.717, 1.165) is 6.42 Å². The molecule has 22 heavy (non-hydrogen) atoms. The molecule has 0 aliphatic rings. The average molecular weight is 312 g/mol. The standard InChI is InChI=1S/C15H18F2N2O3/c1-2-4-9(20)8-18-14(21)12-7-10-11(19-12)5-3-6-13(10)22-15(16)17/h3,5-7,9,15,19-20H,2,4,8H2,1H3,(H,18,21). The predicted molar refractivity (Wildman–Crippen MR) is 78.2 cm³/mol. The molecule has 0 saturated carbocycles. The summed E-state index contributed by atoms with van der Waals surface area (Å²) in [6, 6.07) is 6.09. The Morgan fingerprint density at radius 1 is 1.45 bits per heavy atom. The number of fused-ring (bicyclic) bond motifs is 1. The van der Waals surface area contributed by atoms with Crippen LogP contribution in [0.1, 0.15) is 30.3 Å². The van der Waals surface area contributed by atoms with E-state index < -0.39 is 18.6 Å². The molecule has 1 aromatic carbocycles. The summed E-state index contributed by atoms with van der Waals surface area (Å²) in [5.74, 6) is -0.400. The van der Waals surface area contributed by atoms with E-state index in [1.54, 1.807) is 12.1 Å². The first-order valence-electron chi connectivity index (χ1n) is 7.04. The topological polar surface area (TPSA) is 74.3 Å². The van der Waals surface area contributed by atoms with E-state index in [-0.39, 0.29) is 18.0 Å². The number of carbonyl (C=O) groups excluding carboxylic acids is 1. The van der Waals surface area contributed by atoms with Crippen molar-refractivity contribution in [2.75, 3.05) is 6.54 Å². The number of ether oxygens (including phenoxy) is 1. The molecular formula is C15H18F2N2O3. The van der Waals surface area contributed by atoms with Gasteiger partial charge in [-0.2, -0.15) is 8.78 Å². The molecule has 7 heteroatoms. The molecule has 2 rings (SSSR count). The Morgan fingerprint density at radius 3 is 2.91 bits per heavy atom. The third-order valence-corrected chi connectivity index (χ3v) is 3.20. The van der Waals surface area contributed by atoms with Gasteiger partial charge in [0.1, 0.15) is 11.4 Å². The van der Waals surface area contributed by atoms with Gasteiger partial charge in [-0.3, -0.25) is 4.79 Å². The van der Waals surface area contributed by atoms with Gasteiger partial charge in [-0.25, -0.2) is 0 Å². The molecule has 1 atom stereocenters. The fourth-order valence-corrected chi connectivity index (χ4v) is 2.19. The minimum Gasteiger partial charge on any atom is -0.434 e. The summed E-state index contributed by atoms with van der Waals surface area (Å²) in [7, 11) is 0. The summed E-state index contributed by atoms with van der Waals surface area (Å²) in [6.45, 7) is -0.850. The van der Waals surface area contributed by atoms with E-state index >= 15 is 0 Å². The van der Waals surface area contributed by atoms with E-state index in [0.29, 0.717) is 17.3 Å². The first kappa shape index (κ1) is 16.2. The monoisotopic (exact) mass is 312 g/mol. The average Bonchev–Trinajstić information content (AvgIpc) is 2.90. The highest BCUT2D eigenvalue weighted by atomic mass is 19.3. The third kappa shape index (κ3) is 3.94. The molecule has 1 heterocycles. The Labute approximate surface area is 126 Å². The number of H-pyrrole nitrogens is 1. The molecular weight excluding hydrogens is 294 g/mol. The van der Waals surface area contributed by atoms with Crippen molar-refractivity contribution in [3.63, 3.8) is 0 Å². The zero-order valence-electron chi connectivity index (χ0n) is 12.1. The lowest BCUT2D eigenvalue weighted by atomic mass is 10.2. The lowest BCUT2D eigenvalue weighted by Gasteiger charge is -2.09. The first-order chi connectivity index (χ1) is 10.5. The van der Waals surface area contributed by atoms with Crippen molar-refractivity contribution < 1.29 is 23.4 Å². The van der Waals surface area contributed by atoms with Crippen LogP contribution in [-0.4, -0.2) is 35.3 Å². The lowest BCUT2D eigenvalue weighted by molar-refractivity contribution is -0.0487. The van der Waals surface area contributed by atoms with E-state index in [2.05, 4.69) is 15.0 Å². The van der Waals surface area contributed by atoms with Crippen molar-refractivity contribution in [3.8, 4) is 5.75 Å². The molecule has 1 aromatic heterocycles. The van der Waals surface area contributed by atoms with Gasteiger partial charge in [-0.05, 0) is 24.6 Å². The number of alkyl halides is 2. The summed E-state index contributed by atoms with van der Waals surface area (Å²) in [4.78, 5) is 14.9. The second-order valence-corrected chi connectivity index (χ2v) is 4.93. The summed E-state index contributed by atoms with van der Waals surface area (Å²) >= 11 is 0. The molecule has 3 N–H and O–H groups in total. The fourth-order valence-electron chi connectivity index (χ4n) is 2.19. The van der Waals surface area contributed by atoms with Crippen LogP contribution in [0.3, 0.4) is 0 Å². The SMILES string of the molecule is CCCC(O)CNC(=O)c1cc2c(OC(F)F)cccc2[nH]1. The van der Waals surface area contributed by atoms with Crippen molar-refractivity contribution in [1.29, 1.82) is 0 Å². The molecule has 0 bridgehead atoms. The van der Waals surface area contributed by atoms with Gasteiger partial charge in [0.15, 0.2) is 0 Å². The maximum absolute atomic E-state index is 12.4. The molecule has 120 valence electrons. The highest BCUT2D eigenvalue weighted by Crippen LogP contribution is 2.27. The Bertz CT molecular complexity index is 643. The van der Waals surface area contributed by atoms with Gasteiger partial charge in [0, 0.05) is 17.4 Å². The van der Waals surface area contributed by atoms with Crippen LogP contribution in [-0.2, 0) is 0 Å². The number of hydrogen-bond acceptors (Lipinski definition) is 3. The highest BCUT2D eigenvalue weighted by Gasteiger charge is 2.15. The zero-order chi connectivity index (χ0) is 16.1. The van der Waals surface area contributed by atoms with Gasteiger partial charge in [0.25, 0.3) is 5.91 Å². The lowest BCUT2D eigenvalue weighted by Crippen LogP contribution is -2.32. The van der Waals surface area contributed by atoms with Crippen LogP contribution < -0.4 is 10.1 Å². The number of aliphatic hydroxyl groups excluding tert-OH is 1. The number of carbonyl (C=O) groups is 1. The Hall–Kier alpha value is -2.15. The van der Waals surface area contributed by atoms with Crippen LogP contribution in [0.25, 0.3) is 10.9 Å². The number of benzene rings is 1. The third-order valence-electron chi connectivity index (χ3n) is 3.20. The number of halogens is 2. The van der Waals surface area contributed by atoms with Crippen LogP contribution in [0, 0.1) is 0 Å². The first-order valence-corrected chi connectivity index (χ1v) is 7.04. The van der Waals surface area contributed by atoms with Crippen molar-refractivity contribution in [1.82, 2.24) is 10.3 Å². The molecule has 0 aliphatic heterocycles. The second kappa shape index (κ2) is 7.22. The second-order valence-electron chi connectivity index (χ2n) is 4.93. The maximum atomic E-state index is 12.4.